The van der Waals surface area contributed by atoms with E-state index in [4.69, 9.17) is 5.73 Å². The maximum atomic E-state index is 6.21. The molecule has 3 nitrogen and oxygen atoms in total. The zero-order chi connectivity index (χ0) is 14.3. The molecule has 3 aromatic rings. The molecular weight excluding hydrogens is 402 g/mol. The van der Waals surface area contributed by atoms with E-state index in [1.54, 1.807) is 16.0 Å². The van der Waals surface area contributed by atoms with E-state index in [0.717, 1.165) is 30.6 Å². The van der Waals surface area contributed by atoms with Crippen LogP contribution in [0.25, 0.3) is 22.4 Å². The average molecular weight is 413 g/mol. The van der Waals surface area contributed by atoms with E-state index in [9.17, 15) is 0 Å². The minimum Gasteiger partial charge on any atom is -0.383 e. The van der Waals surface area contributed by atoms with E-state index in [2.05, 4.69) is 54.5 Å². The van der Waals surface area contributed by atoms with Crippen LogP contribution in [0.2, 0.25) is 0 Å². The van der Waals surface area contributed by atoms with Gasteiger partial charge in [-0.05, 0) is 39.7 Å². The van der Waals surface area contributed by atoms with Gasteiger partial charge in [-0.15, -0.1) is 11.3 Å². The van der Waals surface area contributed by atoms with Crippen molar-refractivity contribution in [2.24, 2.45) is 7.05 Å². The summed E-state index contributed by atoms with van der Waals surface area (Å²) in [6, 6.07) is 10.2. The second-order valence-corrected chi connectivity index (χ2v) is 7.59. The number of anilines is 1. The predicted octanol–water partition coefficient (Wildman–Crippen LogP) is 4.92. The minimum absolute atomic E-state index is 0.667. The van der Waals surface area contributed by atoms with Gasteiger partial charge in [-0.1, -0.05) is 28.1 Å². The van der Waals surface area contributed by atoms with Crippen LogP contribution in [-0.2, 0) is 7.05 Å². The van der Waals surface area contributed by atoms with Crippen LogP contribution in [0.15, 0.2) is 44.0 Å². The Kier molecular flexibility index (Phi) is 3.70. The van der Waals surface area contributed by atoms with Crippen molar-refractivity contribution >= 4 is 49.0 Å². The van der Waals surface area contributed by atoms with E-state index in [-0.39, 0.29) is 0 Å². The molecule has 0 unspecified atom stereocenters. The molecule has 1 aromatic carbocycles. The Balaban J connectivity index is 2.24. The van der Waals surface area contributed by atoms with Crippen molar-refractivity contribution in [3.05, 3.63) is 44.0 Å². The van der Waals surface area contributed by atoms with Gasteiger partial charge in [-0.25, -0.2) is 0 Å². The van der Waals surface area contributed by atoms with Gasteiger partial charge in [0.1, 0.15) is 11.5 Å². The Morgan fingerprint density at radius 2 is 2.00 bits per heavy atom. The van der Waals surface area contributed by atoms with Crippen LogP contribution in [0.3, 0.4) is 0 Å². The summed E-state index contributed by atoms with van der Waals surface area (Å²) in [5.74, 6) is 0.667. The highest BCUT2D eigenvalue weighted by Gasteiger charge is 2.18. The number of nitrogen functional groups attached to an aromatic ring is 1. The van der Waals surface area contributed by atoms with Crippen LogP contribution in [0.5, 0.6) is 0 Å². The van der Waals surface area contributed by atoms with Crippen molar-refractivity contribution < 1.29 is 0 Å². The number of benzene rings is 1. The summed E-state index contributed by atoms with van der Waals surface area (Å²) in [6.07, 6.45) is 0. The topological polar surface area (TPSA) is 43.8 Å². The Morgan fingerprint density at radius 3 is 2.65 bits per heavy atom. The first-order valence-corrected chi connectivity index (χ1v) is 8.35. The predicted molar refractivity (Wildman–Crippen MR) is 91.8 cm³/mol. The van der Waals surface area contributed by atoms with Gasteiger partial charge in [0.25, 0.3) is 0 Å². The van der Waals surface area contributed by atoms with Crippen molar-refractivity contribution in [1.29, 1.82) is 0 Å². The fourth-order valence-corrected chi connectivity index (χ4v) is 3.64. The fourth-order valence-electron chi connectivity index (χ4n) is 2.10. The van der Waals surface area contributed by atoms with E-state index in [1.165, 1.54) is 0 Å². The lowest BCUT2D eigenvalue weighted by atomic mass is 10.0. The number of rotatable bonds is 2. The lowest BCUT2D eigenvalue weighted by Gasteiger charge is -2.04. The molecule has 0 amide bonds. The van der Waals surface area contributed by atoms with Crippen molar-refractivity contribution in [3.8, 4) is 22.4 Å². The van der Waals surface area contributed by atoms with E-state index >= 15 is 0 Å². The lowest BCUT2D eigenvalue weighted by molar-refractivity contribution is 0.782. The molecule has 0 radical (unpaired) electrons. The zero-order valence-electron chi connectivity index (χ0n) is 10.6. The molecule has 3 rings (SSSR count). The molecule has 0 aliphatic heterocycles. The van der Waals surface area contributed by atoms with Gasteiger partial charge < -0.3 is 5.73 Å². The first kappa shape index (κ1) is 13.9. The Bertz CT molecular complexity index is 777. The number of halogens is 2. The van der Waals surface area contributed by atoms with E-state index in [0.29, 0.717) is 5.82 Å². The molecular formula is C14H11Br2N3S. The number of thiophene rings is 1. The Labute approximate surface area is 137 Å². The number of hydrogen-bond acceptors (Lipinski definition) is 3. The summed E-state index contributed by atoms with van der Waals surface area (Å²) in [5.41, 5.74) is 10.2. The first-order valence-electron chi connectivity index (χ1n) is 5.89. The monoisotopic (exact) mass is 411 g/mol. The third kappa shape index (κ3) is 2.43. The maximum Gasteiger partial charge on any atom is 0.129 e. The summed E-state index contributed by atoms with van der Waals surface area (Å²) in [7, 11) is 1.86. The molecule has 0 saturated heterocycles. The van der Waals surface area contributed by atoms with Gasteiger partial charge in [0.05, 0.1) is 9.35 Å². The third-order valence-corrected chi connectivity index (χ3v) is 5.04. The Morgan fingerprint density at radius 1 is 1.20 bits per heavy atom. The molecule has 2 aromatic heterocycles. The van der Waals surface area contributed by atoms with Crippen LogP contribution in [0.1, 0.15) is 0 Å². The quantitative estimate of drug-likeness (QED) is 0.648. The van der Waals surface area contributed by atoms with Crippen LogP contribution >= 0.6 is 43.2 Å². The molecule has 0 bridgehead atoms. The van der Waals surface area contributed by atoms with Gasteiger partial charge in [-0.3, -0.25) is 4.68 Å². The minimum atomic E-state index is 0.667. The summed E-state index contributed by atoms with van der Waals surface area (Å²) in [6.45, 7) is 0. The largest absolute Gasteiger partial charge is 0.383 e. The van der Waals surface area contributed by atoms with Gasteiger partial charge in [0.2, 0.25) is 0 Å². The summed E-state index contributed by atoms with van der Waals surface area (Å²) < 4.78 is 3.82. The van der Waals surface area contributed by atoms with Crippen LogP contribution < -0.4 is 5.73 Å². The second kappa shape index (κ2) is 5.35. The van der Waals surface area contributed by atoms with Crippen molar-refractivity contribution in [1.82, 2.24) is 9.78 Å². The molecule has 102 valence electrons. The number of aryl methyl sites for hydroxylation is 1. The van der Waals surface area contributed by atoms with Crippen LogP contribution in [0, 0.1) is 0 Å². The highest BCUT2D eigenvalue weighted by molar-refractivity contribution is 9.11. The highest BCUT2D eigenvalue weighted by atomic mass is 79.9. The van der Waals surface area contributed by atoms with Crippen molar-refractivity contribution in [2.75, 3.05) is 5.73 Å². The summed E-state index contributed by atoms with van der Waals surface area (Å²) >= 11 is 8.63. The highest BCUT2D eigenvalue weighted by Crippen LogP contribution is 2.39. The maximum absolute atomic E-state index is 6.21. The average Bonchev–Trinajstić information content (AvgIpc) is 2.95. The standard InChI is InChI=1S/C14H11Br2N3S/c1-19-14(17)12(8-3-2-4-10(15)5-8)13(18-19)9-6-11(16)20-7-9/h2-7H,17H2,1H3. The Hall–Kier alpha value is -1.11. The van der Waals surface area contributed by atoms with Gasteiger partial charge >= 0.3 is 0 Å². The van der Waals surface area contributed by atoms with Crippen LogP contribution in [0.4, 0.5) is 5.82 Å². The van der Waals surface area contributed by atoms with Gasteiger partial charge in [-0.2, -0.15) is 5.10 Å². The summed E-state index contributed by atoms with van der Waals surface area (Å²) in [5, 5.41) is 6.64. The van der Waals surface area contributed by atoms with E-state index < -0.39 is 0 Å². The molecule has 2 N–H and O–H groups in total. The van der Waals surface area contributed by atoms with Crippen molar-refractivity contribution in [3.63, 3.8) is 0 Å². The number of aromatic nitrogens is 2. The smallest absolute Gasteiger partial charge is 0.129 e. The molecule has 0 spiro atoms. The SMILES string of the molecule is Cn1nc(-c2csc(Br)c2)c(-c2cccc(Br)c2)c1N. The number of hydrogen-bond donors (Lipinski definition) is 1. The van der Waals surface area contributed by atoms with E-state index in [1.807, 2.05) is 25.2 Å². The number of nitrogens with two attached hydrogens (primary N) is 1. The molecule has 0 atom stereocenters. The molecule has 20 heavy (non-hydrogen) atoms. The molecule has 0 fully saturated rings. The third-order valence-electron chi connectivity index (χ3n) is 3.05. The second-order valence-electron chi connectivity index (χ2n) is 4.38. The molecule has 0 saturated carbocycles. The normalized spacial score (nSPS) is 10.9. The van der Waals surface area contributed by atoms with Crippen LogP contribution in [-0.4, -0.2) is 9.78 Å². The molecule has 0 aliphatic carbocycles. The molecule has 0 aliphatic rings. The van der Waals surface area contributed by atoms with Gasteiger partial charge in [0, 0.05) is 22.5 Å². The fraction of sp³-hybridized carbons (Fsp3) is 0.0714. The van der Waals surface area contributed by atoms with Gasteiger partial charge in [0.15, 0.2) is 0 Å². The summed E-state index contributed by atoms with van der Waals surface area (Å²) in [4.78, 5) is 0. The zero-order valence-corrected chi connectivity index (χ0v) is 14.6. The molecule has 6 heteroatoms. The first-order chi connectivity index (χ1) is 9.56. The number of nitrogens with zero attached hydrogens (tertiary/aromatic N) is 2. The lowest BCUT2D eigenvalue weighted by Crippen LogP contribution is -1.97. The molecule has 2 heterocycles. The van der Waals surface area contributed by atoms with Crippen molar-refractivity contribution in [2.45, 2.75) is 0 Å².